The normalized spacial score (nSPS) is 13.3. The Morgan fingerprint density at radius 1 is 1.33 bits per heavy atom. The van der Waals surface area contributed by atoms with Gasteiger partial charge in [0.05, 0.1) is 18.6 Å². The number of carbonyl (C=O) groups excluding carboxylic acids is 1. The number of nitrogens with zero attached hydrogens (tertiary/aromatic N) is 3. The zero-order chi connectivity index (χ0) is 18.6. The first-order valence-corrected chi connectivity index (χ1v) is 11.1. The van der Waals surface area contributed by atoms with Gasteiger partial charge in [0.25, 0.3) is 0 Å². The van der Waals surface area contributed by atoms with E-state index in [0.29, 0.717) is 10.9 Å². The van der Waals surface area contributed by atoms with E-state index in [-0.39, 0.29) is 5.91 Å². The van der Waals surface area contributed by atoms with Crippen molar-refractivity contribution in [1.82, 2.24) is 15.1 Å². The number of carbonyl (C=O) groups is 1. The molecule has 0 aliphatic carbocycles. The fourth-order valence-corrected chi connectivity index (χ4v) is 5.41. The van der Waals surface area contributed by atoms with E-state index in [0.717, 1.165) is 35.3 Å². The summed E-state index contributed by atoms with van der Waals surface area (Å²) in [5.74, 6) is 1.27. The summed E-state index contributed by atoms with van der Waals surface area (Å²) < 4.78 is 6.10. The average Bonchev–Trinajstić information content (AvgIpc) is 3.35. The highest BCUT2D eigenvalue weighted by Crippen LogP contribution is 2.32. The molecule has 3 heterocycles. The molecule has 9 heteroatoms. The van der Waals surface area contributed by atoms with Gasteiger partial charge in [-0.05, 0) is 35.6 Å². The summed E-state index contributed by atoms with van der Waals surface area (Å²) in [5.41, 5.74) is 2.12. The highest BCUT2D eigenvalue weighted by Gasteiger charge is 2.21. The Kier molecular flexibility index (Phi) is 5.61. The highest BCUT2D eigenvalue weighted by atomic mass is 32.2. The minimum atomic E-state index is 0.145. The highest BCUT2D eigenvalue weighted by molar-refractivity contribution is 8.01. The van der Waals surface area contributed by atoms with Gasteiger partial charge >= 0.3 is 0 Å². The van der Waals surface area contributed by atoms with Gasteiger partial charge in [-0.2, -0.15) is 0 Å². The Bertz CT molecular complexity index is 940. The largest absolute Gasteiger partial charge is 0.495 e. The Balaban J connectivity index is 1.32. The van der Waals surface area contributed by atoms with Crippen LogP contribution in [0.2, 0.25) is 0 Å². The number of methoxy groups -OCH3 is 1. The molecule has 0 bridgehead atoms. The molecular weight excluding hydrogens is 400 g/mol. The number of benzene rings is 1. The van der Waals surface area contributed by atoms with Crippen molar-refractivity contribution < 1.29 is 9.53 Å². The van der Waals surface area contributed by atoms with Crippen molar-refractivity contribution in [1.29, 1.82) is 0 Å². The number of aromatic nitrogens is 2. The molecule has 2 aromatic heterocycles. The smallest absolute Gasteiger partial charge is 0.233 e. The lowest BCUT2D eigenvalue weighted by Crippen LogP contribution is -2.36. The van der Waals surface area contributed by atoms with Crippen molar-refractivity contribution in [3.8, 4) is 5.75 Å². The molecule has 0 unspecified atom stereocenters. The number of rotatable bonds is 6. The third-order valence-electron chi connectivity index (χ3n) is 4.23. The van der Waals surface area contributed by atoms with Crippen LogP contribution in [0.5, 0.6) is 5.75 Å². The standard InChI is InChI=1S/C18H18N4O2S3/c1-24-14-5-3-2-4-13(14)19-17-20-21-18(27-17)26-11-16(23)22-8-6-15-12(10-22)7-9-25-15/h2-5,7,9H,6,8,10-11H2,1H3,(H,19,20). The van der Waals surface area contributed by atoms with Gasteiger partial charge < -0.3 is 15.0 Å². The molecule has 0 saturated carbocycles. The molecular formula is C18H18N4O2S3. The van der Waals surface area contributed by atoms with Crippen LogP contribution in [-0.2, 0) is 17.8 Å². The van der Waals surface area contributed by atoms with Gasteiger partial charge in [0.15, 0.2) is 4.34 Å². The molecule has 1 amide bonds. The van der Waals surface area contributed by atoms with Gasteiger partial charge in [-0.3, -0.25) is 4.79 Å². The number of thiophene rings is 1. The van der Waals surface area contributed by atoms with Crippen LogP contribution in [0, 0.1) is 0 Å². The van der Waals surface area contributed by atoms with E-state index in [2.05, 4.69) is 27.0 Å². The second-order valence-corrected chi connectivity index (χ2v) is 9.12. The van der Waals surface area contributed by atoms with Crippen LogP contribution in [-0.4, -0.2) is 40.4 Å². The summed E-state index contributed by atoms with van der Waals surface area (Å²) in [4.78, 5) is 15.9. The lowest BCUT2D eigenvalue weighted by Gasteiger charge is -2.26. The van der Waals surface area contributed by atoms with Gasteiger partial charge in [0, 0.05) is 18.0 Å². The Hall–Kier alpha value is -2.10. The van der Waals surface area contributed by atoms with Crippen LogP contribution in [0.1, 0.15) is 10.4 Å². The topological polar surface area (TPSA) is 67.3 Å². The van der Waals surface area contributed by atoms with E-state index in [9.17, 15) is 4.79 Å². The van der Waals surface area contributed by atoms with Crippen molar-refractivity contribution in [3.63, 3.8) is 0 Å². The van der Waals surface area contributed by atoms with Gasteiger partial charge in [0.1, 0.15) is 5.75 Å². The molecule has 0 fully saturated rings. The third-order valence-corrected chi connectivity index (χ3v) is 7.21. The molecule has 4 rings (SSSR count). The molecule has 0 saturated heterocycles. The van der Waals surface area contributed by atoms with Crippen molar-refractivity contribution >= 4 is 51.2 Å². The predicted molar refractivity (Wildman–Crippen MR) is 110 cm³/mol. The minimum absolute atomic E-state index is 0.145. The first kappa shape index (κ1) is 18.3. The SMILES string of the molecule is COc1ccccc1Nc1nnc(SCC(=O)N2CCc3sccc3C2)s1. The zero-order valence-electron chi connectivity index (χ0n) is 14.7. The van der Waals surface area contributed by atoms with E-state index in [1.54, 1.807) is 18.4 Å². The van der Waals surface area contributed by atoms with Crippen LogP contribution in [0.3, 0.4) is 0 Å². The summed E-state index contributed by atoms with van der Waals surface area (Å²) >= 11 is 4.64. The number of hydrogen-bond acceptors (Lipinski definition) is 8. The Morgan fingerprint density at radius 2 is 2.22 bits per heavy atom. The molecule has 3 aromatic rings. The van der Waals surface area contributed by atoms with Gasteiger partial charge in [-0.25, -0.2) is 0 Å². The number of thioether (sulfide) groups is 1. The molecule has 0 radical (unpaired) electrons. The van der Waals surface area contributed by atoms with E-state index >= 15 is 0 Å². The van der Waals surface area contributed by atoms with Crippen molar-refractivity contribution in [2.45, 2.75) is 17.3 Å². The summed E-state index contributed by atoms with van der Waals surface area (Å²) in [6.07, 6.45) is 0.954. The first-order chi connectivity index (χ1) is 13.2. The molecule has 1 aromatic carbocycles. The fourth-order valence-electron chi connectivity index (χ4n) is 2.86. The second kappa shape index (κ2) is 8.28. The van der Waals surface area contributed by atoms with E-state index in [1.807, 2.05) is 29.2 Å². The summed E-state index contributed by atoms with van der Waals surface area (Å²) in [7, 11) is 1.63. The molecule has 140 valence electrons. The average molecular weight is 419 g/mol. The maximum absolute atomic E-state index is 12.5. The number of fused-ring (bicyclic) bond motifs is 1. The zero-order valence-corrected chi connectivity index (χ0v) is 17.1. The quantitative estimate of drug-likeness (QED) is 0.610. The predicted octanol–water partition coefficient (Wildman–Crippen LogP) is 4.03. The van der Waals surface area contributed by atoms with E-state index < -0.39 is 0 Å². The van der Waals surface area contributed by atoms with Crippen molar-refractivity contribution in [3.05, 3.63) is 46.2 Å². The lowest BCUT2D eigenvalue weighted by atomic mass is 10.1. The molecule has 1 aliphatic heterocycles. The van der Waals surface area contributed by atoms with Gasteiger partial charge in [-0.1, -0.05) is 35.2 Å². The van der Waals surface area contributed by atoms with Crippen LogP contribution >= 0.6 is 34.4 Å². The number of nitrogens with one attached hydrogen (secondary N) is 1. The minimum Gasteiger partial charge on any atom is -0.495 e. The van der Waals surface area contributed by atoms with E-state index in [4.69, 9.17) is 4.74 Å². The molecule has 27 heavy (non-hydrogen) atoms. The second-order valence-electron chi connectivity index (χ2n) is 5.92. The van der Waals surface area contributed by atoms with Gasteiger partial charge in [-0.15, -0.1) is 21.5 Å². The van der Waals surface area contributed by atoms with Crippen molar-refractivity contribution in [2.24, 2.45) is 0 Å². The molecule has 0 spiro atoms. The Labute approximate surface area is 169 Å². The number of ether oxygens (including phenoxy) is 1. The van der Waals surface area contributed by atoms with Crippen LogP contribution < -0.4 is 10.1 Å². The summed E-state index contributed by atoms with van der Waals surface area (Å²) in [5, 5.41) is 14.3. The number of anilines is 2. The lowest BCUT2D eigenvalue weighted by molar-refractivity contribution is -0.129. The number of amides is 1. The van der Waals surface area contributed by atoms with Gasteiger partial charge in [0.2, 0.25) is 11.0 Å². The Morgan fingerprint density at radius 3 is 3.11 bits per heavy atom. The number of para-hydroxylation sites is 2. The third kappa shape index (κ3) is 4.26. The summed E-state index contributed by atoms with van der Waals surface area (Å²) in [6.45, 7) is 1.51. The first-order valence-electron chi connectivity index (χ1n) is 8.42. The molecule has 6 nitrogen and oxygen atoms in total. The van der Waals surface area contributed by atoms with Crippen LogP contribution in [0.25, 0.3) is 0 Å². The number of hydrogen-bond donors (Lipinski definition) is 1. The monoisotopic (exact) mass is 418 g/mol. The fraction of sp³-hybridized carbons (Fsp3) is 0.278. The molecule has 1 N–H and O–H groups in total. The maximum atomic E-state index is 12.5. The van der Waals surface area contributed by atoms with E-state index in [1.165, 1.54) is 33.5 Å². The van der Waals surface area contributed by atoms with Crippen LogP contribution in [0.15, 0.2) is 40.1 Å². The van der Waals surface area contributed by atoms with Crippen molar-refractivity contribution in [2.75, 3.05) is 24.7 Å². The van der Waals surface area contributed by atoms with Crippen LogP contribution in [0.4, 0.5) is 10.8 Å². The molecule has 1 aliphatic rings. The maximum Gasteiger partial charge on any atom is 0.233 e. The summed E-state index contributed by atoms with van der Waals surface area (Å²) in [6, 6.07) is 9.77. The molecule has 0 atom stereocenters.